The van der Waals surface area contributed by atoms with E-state index in [-0.39, 0.29) is 11.5 Å². The van der Waals surface area contributed by atoms with E-state index in [9.17, 15) is 10.2 Å². The normalized spacial score (nSPS) is 11.8. The second-order valence-electron chi connectivity index (χ2n) is 9.28. The van der Waals surface area contributed by atoms with Gasteiger partial charge in [-0.15, -0.1) is 0 Å². The molecule has 0 fully saturated rings. The highest BCUT2D eigenvalue weighted by Crippen LogP contribution is 2.43. The lowest BCUT2D eigenvalue weighted by atomic mass is 10.0. The molecule has 174 valence electrons. The molecule has 36 heavy (non-hydrogen) atoms. The smallest absolute Gasteiger partial charge is 0.167 e. The average Bonchev–Trinajstić information content (AvgIpc) is 3.49. The first kappa shape index (κ1) is 20.5. The number of rotatable bonds is 2. The summed E-state index contributed by atoms with van der Waals surface area (Å²) in [6, 6.07) is 19.6. The molecule has 6 heteroatoms. The molecule has 4 N–H and O–H groups in total. The summed E-state index contributed by atoms with van der Waals surface area (Å²) in [6.45, 7) is 4.14. The van der Waals surface area contributed by atoms with Gasteiger partial charge in [-0.05, 0) is 49.2 Å². The van der Waals surface area contributed by atoms with Crippen LogP contribution in [0.25, 0.3) is 66.1 Å². The number of aromatic amines is 2. The van der Waals surface area contributed by atoms with Crippen molar-refractivity contribution in [1.29, 1.82) is 0 Å². The van der Waals surface area contributed by atoms with Crippen molar-refractivity contribution in [2.75, 3.05) is 0 Å². The van der Waals surface area contributed by atoms with Crippen molar-refractivity contribution in [3.8, 4) is 34.0 Å². The Kier molecular flexibility index (Phi) is 4.18. The summed E-state index contributed by atoms with van der Waals surface area (Å²) < 4.78 is 0. The van der Waals surface area contributed by atoms with E-state index in [0.29, 0.717) is 21.8 Å². The first-order valence-corrected chi connectivity index (χ1v) is 11.8. The Morgan fingerprint density at radius 1 is 0.556 bits per heavy atom. The Labute approximate surface area is 205 Å². The number of phenolic OH excluding ortho intramolecular Hbond substituents is 2. The minimum absolute atomic E-state index is 0.192. The monoisotopic (exact) mass is 470 g/mol. The molecule has 0 bridgehead atoms. The van der Waals surface area contributed by atoms with Crippen LogP contribution < -0.4 is 0 Å². The van der Waals surface area contributed by atoms with Gasteiger partial charge in [0.25, 0.3) is 0 Å². The average molecular weight is 471 g/mol. The molecule has 0 aliphatic heterocycles. The molecule has 0 atom stereocenters. The van der Waals surface area contributed by atoms with Gasteiger partial charge in [0, 0.05) is 45.1 Å². The number of aromatic nitrogens is 4. The Morgan fingerprint density at radius 2 is 1.00 bits per heavy atom. The lowest BCUT2D eigenvalue weighted by Gasteiger charge is -2.12. The number of phenols is 2. The minimum atomic E-state index is -0.192. The van der Waals surface area contributed by atoms with Crippen LogP contribution >= 0.6 is 0 Å². The van der Waals surface area contributed by atoms with E-state index in [4.69, 9.17) is 9.97 Å². The molecule has 3 aromatic carbocycles. The summed E-state index contributed by atoms with van der Waals surface area (Å²) in [6.07, 6.45) is 3.98. The number of hydrogen-bond acceptors (Lipinski definition) is 4. The fourth-order valence-corrected chi connectivity index (χ4v) is 5.23. The zero-order chi connectivity index (χ0) is 24.6. The van der Waals surface area contributed by atoms with Gasteiger partial charge >= 0.3 is 0 Å². The van der Waals surface area contributed by atoms with Crippen LogP contribution in [-0.4, -0.2) is 30.1 Å². The zero-order valence-corrected chi connectivity index (χ0v) is 19.7. The number of nitrogens with zero attached hydrogens (tertiary/aromatic N) is 2. The highest BCUT2D eigenvalue weighted by molar-refractivity contribution is 6.11. The van der Waals surface area contributed by atoms with Crippen LogP contribution in [0.15, 0.2) is 73.1 Å². The number of fused-ring (bicyclic) bond motifs is 5. The number of aryl methyl sites for hydroxylation is 2. The van der Waals surface area contributed by atoms with Crippen molar-refractivity contribution in [2.24, 2.45) is 0 Å². The van der Waals surface area contributed by atoms with Crippen molar-refractivity contribution in [3.05, 3.63) is 84.2 Å². The maximum Gasteiger partial charge on any atom is 0.167 e. The fourth-order valence-electron chi connectivity index (χ4n) is 5.23. The van der Waals surface area contributed by atoms with Gasteiger partial charge in [0.15, 0.2) is 11.5 Å². The number of para-hydroxylation sites is 2. The molecule has 7 aromatic rings. The van der Waals surface area contributed by atoms with Gasteiger partial charge in [0.05, 0.1) is 22.4 Å². The maximum atomic E-state index is 10.8. The van der Waals surface area contributed by atoms with Crippen molar-refractivity contribution in [3.63, 3.8) is 0 Å². The summed E-state index contributed by atoms with van der Waals surface area (Å²) in [4.78, 5) is 16.7. The summed E-state index contributed by atoms with van der Waals surface area (Å²) in [7, 11) is 0. The van der Waals surface area contributed by atoms with Crippen LogP contribution in [0.1, 0.15) is 11.1 Å². The van der Waals surface area contributed by atoms with E-state index < -0.39 is 0 Å². The Hall–Kier alpha value is -4.84. The van der Waals surface area contributed by atoms with Gasteiger partial charge in [-0.25, -0.2) is 9.97 Å². The fraction of sp³-hybridized carbons (Fsp3) is 0.0667. The topological polar surface area (TPSA) is 97.8 Å². The third kappa shape index (κ3) is 2.78. The molecule has 4 aromatic heterocycles. The van der Waals surface area contributed by atoms with Crippen LogP contribution in [0.5, 0.6) is 11.5 Å². The third-order valence-electron chi connectivity index (χ3n) is 7.15. The molecule has 0 unspecified atom stereocenters. The standard InChI is InChI=1S/C30H22N4O2/c1-15-13-31-25-17(15)5-3-7-19(25)23-11-9-21-27(33-23)28-22(30(36)29(21)35)10-12-24(34-28)20-8-4-6-18-16(2)14-32-26(18)20/h3-14,31-32,35-36H,1-2H3. The molecule has 0 saturated heterocycles. The number of H-pyrrole nitrogens is 2. The van der Waals surface area contributed by atoms with Crippen molar-refractivity contribution < 1.29 is 10.2 Å². The van der Waals surface area contributed by atoms with Gasteiger partial charge in [-0.3, -0.25) is 0 Å². The Morgan fingerprint density at radius 3 is 1.44 bits per heavy atom. The van der Waals surface area contributed by atoms with Gasteiger partial charge in [0.1, 0.15) is 11.0 Å². The molecule has 6 nitrogen and oxygen atoms in total. The second kappa shape index (κ2) is 7.33. The van der Waals surface area contributed by atoms with Gasteiger partial charge in [0.2, 0.25) is 0 Å². The maximum absolute atomic E-state index is 10.8. The predicted molar refractivity (Wildman–Crippen MR) is 144 cm³/mol. The number of pyridine rings is 2. The van der Waals surface area contributed by atoms with Crippen LogP contribution in [0, 0.1) is 13.8 Å². The molecule has 7 rings (SSSR count). The van der Waals surface area contributed by atoms with Gasteiger partial charge in [-0.2, -0.15) is 0 Å². The Bertz CT molecular complexity index is 1850. The summed E-state index contributed by atoms with van der Waals surface area (Å²) in [5.41, 5.74) is 8.88. The Balaban J connectivity index is 1.53. The molecular weight excluding hydrogens is 448 g/mol. The molecule has 0 aliphatic rings. The van der Waals surface area contributed by atoms with E-state index in [0.717, 1.165) is 44.3 Å². The molecular formula is C30H22N4O2. The highest BCUT2D eigenvalue weighted by atomic mass is 16.3. The van der Waals surface area contributed by atoms with Crippen molar-refractivity contribution in [2.45, 2.75) is 13.8 Å². The number of hydrogen-bond donors (Lipinski definition) is 4. The van der Waals surface area contributed by atoms with Crippen LogP contribution in [0.2, 0.25) is 0 Å². The SMILES string of the molecule is Cc1c[nH]c2c(-c3ccc4c(O)c(O)c5ccc(-c6cccc7c(C)c[nH]c67)nc5c4n3)cccc12. The number of nitrogens with one attached hydrogen (secondary N) is 2. The van der Waals surface area contributed by atoms with E-state index >= 15 is 0 Å². The minimum Gasteiger partial charge on any atom is -0.504 e. The van der Waals surface area contributed by atoms with Crippen LogP contribution in [0.3, 0.4) is 0 Å². The second-order valence-corrected chi connectivity index (χ2v) is 9.28. The third-order valence-corrected chi connectivity index (χ3v) is 7.15. The molecule has 0 aliphatic carbocycles. The van der Waals surface area contributed by atoms with Crippen molar-refractivity contribution >= 4 is 43.6 Å². The first-order valence-electron chi connectivity index (χ1n) is 11.8. The molecule has 0 spiro atoms. The van der Waals surface area contributed by atoms with E-state index in [1.807, 2.05) is 48.8 Å². The van der Waals surface area contributed by atoms with Crippen molar-refractivity contribution in [1.82, 2.24) is 19.9 Å². The first-order chi connectivity index (χ1) is 17.5. The van der Waals surface area contributed by atoms with E-state index in [1.165, 1.54) is 11.1 Å². The van der Waals surface area contributed by atoms with E-state index in [1.54, 1.807) is 12.1 Å². The van der Waals surface area contributed by atoms with Gasteiger partial charge < -0.3 is 20.2 Å². The lowest BCUT2D eigenvalue weighted by Crippen LogP contribution is -1.93. The largest absolute Gasteiger partial charge is 0.504 e. The molecule has 0 amide bonds. The molecule has 0 radical (unpaired) electrons. The number of benzene rings is 3. The van der Waals surface area contributed by atoms with Gasteiger partial charge in [-0.1, -0.05) is 36.4 Å². The predicted octanol–water partition coefficient (Wildman–Crippen LogP) is 7.11. The quantitative estimate of drug-likeness (QED) is 0.160. The lowest BCUT2D eigenvalue weighted by molar-refractivity contribution is 0.412. The van der Waals surface area contributed by atoms with Crippen LogP contribution in [0.4, 0.5) is 0 Å². The molecule has 4 heterocycles. The summed E-state index contributed by atoms with van der Waals surface area (Å²) in [5.74, 6) is -0.385. The molecule has 0 saturated carbocycles. The highest BCUT2D eigenvalue weighted by Gasteiger charge is 2.19. The summed E-state index contributed by atoms with van der Waals surface area (Å²) in [5, 5.41) is 24.8. The summed E-state index contributed by atoms with van der Waals surface area (Å²) >= 11 is 0. The van der Waals surface area contributed by atoms with E-state index in [2.05, 4.69) is 35.9 Å². The number of aromatic hydroxyl groups is 2. The van der Waals surface area contributed by atoms with Crippen LogP contribution in [-0.2, 0) is 0 Å². The zero-order valence-electron chi connectivity index (χ0n) is 19.7.